The van der Waals surface area contributed by atoms with Gasteiger partial charge in [-0.05, 0) is 35.4 Å². The average molecular weight is 409 g/mol. The third-order valence-electron chi connectivity index (χ3n) is 2.79. The van der Waals surface area contributed by atoms with Gasteiger partial charge < -0.3 is 0 Å². The van der Waals surface area contributed by atoms with Crippen molar-refractivity contribution < 1.29 is 0 Å². The van der Waals surface area contributed by atoms with Crippen LogP contribution in [0, 0.1) is 0 Å². The zero-order valence-corrected chi connectivity index (χ0v) is 14.0. The van der Waals surface area contributed by atoms with E-state index in [0.717, 1.165) is 26.5 Å². The normalized spacial score (nSPS) is 11.6. The highest BCUT2D eigenvalue weighted by atomic mass is 79.9. The zero-order chi connectivity index (χ0) is 13.2. The number of benzene rings is 2. The van der Waals surface area contributed by atoms with Crippen molar-refractivity contribution in [3.8, 4) is 0 Å². The molecule has 0 aromatic heterocycles. The highest BCUT2D eigenvalue weighted by Crippen LogP contribution is 2.40. The third kappa shape index (κ3) is 2.93. The first-order valence-corrected chi connectivity index (χ1v) is 8.00. The first-order chi connectivity index (χ1) is 8.56. The molecule has 0 aliphatic carbocycles. The van der Waals surface area contributed by atoms with E-state index in [4.69, 9.17) is 23.2 Å². The van der Waals surface area contributed by atoms with E-state index in [1.54, 1.807) is 0 Å². The predicted molar refractivity (Wildman–Crippen MR) is 86.4 cm³/mol. The molecule has 0 radical (unpaired) electrons. The molecule has 0 aliphatic rings. The Kier molecular flexibility index (Phi) is 4.76. The molecule has 0 atom stereocenters. The molecule has 0 saturated carbocycles. The van der Waals surface area contributed by atoms with Crippen LogP contribution in [0.5, 0.6) is 0 Å². The van der Waals surface area contributed by atoms with Gasteiger partial charge >= 0.3 is 0 Å². The molecule has 2 rings (SSSR count). The Morgan fingerprint density at radius 1 is 0.778 bits per heavy atom. The first kappa shape index (κ1) is 14.4. The molecule has 4 heteroatoms. The van der Waals surface area contributed by atoms with Gasteiger partial charge in [-0.25, -0.2) is 0 Å². The maximum absolute atomic E-state index is 5.93. The molecular weight excluding hydrogens is 399 g/mol. The van der Waals surface area contributed by atoms with E-state index in [0.29, 0.717) is 0 Å². The maximum Gasteiger partial charge on any atom is 0.0851 e. The van der Waals surface area contributed by atoms with Gasteiger partial charge in [-0.15, -0.1) is 0 Å². The van der Waals surface area contributed by atoms with Crippen LogP contribution in [-0.4, -0.2) is 5.33 Å². The molecule has 94 valence electrons. The summed E-state index contributed by atoms with van der Waals surface area (Å²) in [7, 11) is 0. The van der Waals surface area contributed by atoms with Gasteiger partial charge in [0.25, 0.3) is 0 Å². The van der Waals surface area contributed by atoms with E-state index in [9.17, 15) is 0 Å². The van der Waals surface area contributed by atoms with Crippen molar-refractivity contribution in [1.82, 2.24) is 0 Å². The van der Waals surface area contributed by atoms with Crippen molar-refractivity contribution in [1.29, 1.82) is 0 Å². The van der Waals surface area contributed by atoms with Crippen molar-refractivity contribution in [3.05, 3.63) is 69.7 Å². The molecule has 0 unspecified atom stereocenters. The molecule has 0 heterocycles. The summed E-state index contributed by atoms with van der Waals surface area (Å²) in [5, 5.41) is 2.22. The average Bonchev–Trinajstić information content (AvgIpc) is 2.39. The Morgan fingerprint density at radius 2 is 1.11 bits per heavy atom. The van der Waals surface area contributed by atoms with Gasteiger partial charge in [0.15, 0.2) is 0 Å². The van der Waals surface area contributed by atoms with Crippen molar-refractivity contribution in [2.45, 2.75) is 4.32 Å². The van der Waals surface area contributed by atoms with Crippen molar-refractivity contribution >= 4 is 55.1 Å². The smallest absolute Gasteiger partial charge is 0.0851 e. The van der Waals surface area contributed by atoms with Crippen LogP contribution in [0.4, 0.5) is 0 Å². The third-order valence-corrected chi connectivity index (χ3v) is 6.08. The maximum atomic E-state index is 5.93. The zero-order valence-electron chi connectivity index (χ0n) is 9.34. The molecule has 2 aromatic rings. The SMILES string of the molecule is Clc1ccc(C(Br)(CBr)c2ccc(Cl)cc2)cc1. The van der Waals surface area contributed by atoms with Crippen LogP contribution in [0.2, 0.25) is 10.0 Å². The fraction of sp³-hybridized carbons (Fsp3) is 0.143. The summed E-state index contributed by atoms with van der Waals surface area (Å²) in [5.74, 6) is 0. The van der Waals surface area contributed by atoms with Gasteiger partial charge in [0.05, 0.1) is 4.32 Å². The fourth-order valence-electron chi connectivity index (χ4n) is 1.75. The van der Waals surface area contributed by atoms with Crippen LogP contribution in [0.25, 0.3) is 0 Å². The van der Waals surface area contributed by atoms with Crippen LogP contribution in [-0.2, 0) is 4.32 Å². The van der Waals surface area contributed by atoms with Gasteiger partial charge in [-0.1, -0.05) is 79.3 Å². The second kappa shape index (κ2) is 5.96. The number of alkyl halides is 2. The topological polar surface area (TPSA) is 0 Å². The lowest BCUT2D eigenvalue weighted by atomic mass is 9.93. The molecular formula is C14H10Br2Cl2. The summed E-state index contributed by atoms with van der Waals surface area (Å²) in [6.07, 6.45) is 0. The first-order valence-electron chi connectivity index (χ1n) is 5.33. The van der Waals surface area contributed by atoms with E-state index < -0.39 is 0 Å². The molecule has 0 fully saturated rings. The number of hydrogen-bond donors (Lipinski definition) is 0. The minimum absolute atomic E-state index is 0.276. The van der Waals surface area contributed by atoms with Crippen LogP contribution in [0.1, 0.15) is 11.1 Å². The lowest BCUT2D eigenvalue weighted by Gasteiger charge is -2.26. The molecule has 2 aromatic carbocycles. The summed E-state index contributed by atoms with van der Waals surface area (Å²) in [4.78, 5) is 0. The Labute approximate surface area is 134 Å². The molecule has 0 saturated heterocycles. The van der Waals surface area contributed by atoms with Gasteiger partial charge in [-0.3, -0.25) is 0 Å². The monoisotopic (exact) mass is 406 g/mol. The van der Waals surface area contributed by atoms with Crippen LogP contribution in [0.15, 0.2) is 48.5 Å². The Balaban J connectivity index is 2.47. The molecule has 0 N–H and O–H groups in total. The van der Waals surface area contributed by atoms with E-state index in [1.807, 2.05) is 48.5 Å². The van der Waals surface area contributed by atoms with Gasteiger partial charge in [-0.2, -0.15) is 0 Å². The summed E-state index contributed by atoms with van der Waals surface area (Å²) in [6, 6.07) is 15.7. The van der Waals surface area contributed by atoms with Gasteiger partial charge in [0.1, 0.15) is 0 Å². The highest BCUT2D eigenvalue weighted by molar-refractivity contribution is 9.12. The van der Waals surface area contributed by atoms with E-state index >= 15 is 0 Å². The number of hydrogen-bond acceptors (Lipinski definition) is 0. The minimum Gasteiger partial charge on any atom is -0.0905 e. The Hall–Kier alpha value is -0.0200. The molecule has 0 amide bonds. The van der Waals surface area contributed by atoms with Crippen molar-refractivity contribution in [2.75, 3.05) is 5.33 Å². The number of rotatable bonds is 3. The van der Waals surface area contributed by atoms with E-state index in [2.05, 4.69) is 31.9 Å². The van der Waals surface area contributed by atoms with Gasteiger partial charge in [0, 0.05) is 15.4 Å². The Morgan fingerprint density at radius 3 is 1.39 bits per heavy atom. The standard InChI is InChI=1S/C14H10Br2Cl2/c15-9-14(16,10-1-5-12(17)6-2-10)11-3-7-13(18)8-4-11/h1-8H,9H2. The van der Waals surface area contributed by atoms with Crippen LogP contribution in [0.3, 0.4) is 0 Å². The summed E-state index contributed by atoms with van der Waals surface area (Å²) < 4.78 is -0.276. The fourth-order valence-corrected chi connectivity index (χ4v) is 3.18. The lowest BCUT2D eigenvalue weighted by Crippen LogP contribution is -2.21. The quantitative estimate of drug-likeness (QED) is 0.544. The molecule has 18 heavy (non-hydrogen) atoms. The van der Waals surface area contributed by atoms with E-state index in [-0.39, 0.29) is 4.32 Å². The molecule has 0 nitrogen and oxygen atoms in total. The predicted octanol–water partition coefficient (Wildman–Crippen LogP) is 6.03. The van der Waals surface area contributed by atoms with Crippen LogP contribution >= 0.6 is 55.1 Å². The van der Waals surface area contributed by atoms with E-state index in [1.165, 1.54) is 0 Å². The Bertz CT molecular complexity index is 475. The molecule has 0 bridgehead atoms. The summed E-state index contributed by atoms with van der Waals surface area (Å²) >= 11 is 19.2. The molecule has 0 spiro atoms. The highest BCUT2D eigenvalue weighted by Gasteiger charge is 2.29. The summed E-state index contributed by atoms with van der Waals surface area (Å²) in [6.45, 7) is 0. The van der Waals surface area contributed by atoms with Crippen LogP contribution < -0.4 is 0 Å². The van der Waals surface area contributed by atoms with Crippen molar-refractivity contribution in [2.24, 2.45) is 0 Å². The largest absolute Gasteiger partial charge is 0.0905 e. The number of halogens is 4. The summed E-state index contributed by atoms with van der Waals surface area (Å²) in [5.41, 5.74) is 2.29. The lowest BCUT2D eigenvalue weighted by molar-refractivity contribution is 0.882. The van der Waals surface area contributed by atoms with Gasteiger partial charge in [0.2, 0.25) is 0 Å². The molecule has 0 aliphatic heterocycles. The van der Waals surface area contributed by atoms with Crippen molar-refractivity contribution in [3.63, 3.8) is 0 Å². The second-order valence-electron chi connectivity index (χ2n) is 3.95. The minimum atomic E-state index is -0.276. The second-order valence-corrected chi connectivity index (χ2v) is 6.74.